The van der Waals surface area contributed by atoms with Crippen LogP contribution in [0.4, 0.5) is 0 Å². The van der Waals surface area contributed by atoms with E-state index in [1.54, 1.807) is 0 Å². The van der Waals surface area contributed by atoms with Crippen LogP contribution in [0.3, 0.4) is 0 Å². The Hall–Kier alpha value is -1.39. The Labute approximate surface area is 101 Å². The van der Waals surface area contributed by atoms with E-state index in [1.165, 1.54) is 0 Å². The maximum Gasteiger partial charge on any atom is 0.0683 e. The lowest BCUT2D eigenvalue weighted by atomic mass is 10.2. The summed E-state index contributed by atoms with van der Waals surface area (Å²) in [4.78, 5) is 0. The minimum Gasteiger partial charge on any atom is -0.395 e. The molecule has 0 amide bonds. The van der Waals surface area contributed by atoms with Gasteiger partial charge in [0.15, 0.2) is 0 Å². The molecule has 0 aliphatic rings. The van der Waals surface area contributed by atoms with Crippen molar-refractivity contribution in [3.8, 4) is 0 Å². The van der Waals surface area contributed by atoms with Gasteiger partial charge in [0.1, 0.15) is 0 Å². The summed E-state index contributed by atoms with van der Waals surface area (Å²) in [5.74, 6) is 0. The third kappa shape index (κ3) is 2.84. The molecule has 4 nitrogen and oxygen atoms in total. The van der Waals surface area contributed by atoms with E-state index >= 15 is 0 Å². The number of aliphatic hydroxyl groups is 1. The van der Waals surface area contributed by atoms with Crippen LogP contribution in [0.1, 0.15) is 13.3 Å². The van der Waals surface area contributed by atoms with Gasteiger partial charge in [-0.3, -0.25) is 4.68 Å². The number of aromatic nitrogens is 2. The summed E-state index contributed by atoms with van der Waals surface area (Å²) in [6, 6.07) is 8.18. The van der Waals surface area contributed by atoms with Crippen LogP contribution in [0.2, 0.25) is 0 Å². The lowest BCUT2D eigenvalue weighted by molar-refractivity contribution is 0.227. The molecular weight excluding hydrogens is 214 g/mol. The van der Waals surface area contributed by atoms with Crippen molar-refractivity contribution < 1.29 is 5.11 Å². The minimum absolute atomic E-state index is 0.0678. The highest BCUT2D eigenvalue weighted by molar-refractivity contribution is 5.78. The summed E-state index contributed by atoms with van der Waals surface area (Å²) < 4.78 is 1.94. The molecule has 2 N–H and O–H groups in total. The Morgan fingerprint density at radius 3 is 3.00 bits per heavy atom. The summed E-state index contributed by atoms with van der Waals surface area (Å²) in [7, 11) is 0. The summed E-state index contributed by atoms with van der Waals surface area (Å²) in [5.41, 5.74) is 1.12. The zero-order valence-electron chi connectivity index (χ0n) is 10.1. The Morgan fingerprint density at radius 2 is 2.24 bits per heavy atom. The van der Waals surface area contributed by atoms with E-state index in [2.05, 4.69) is 23.4 Å². The fraction of sp³-hybridized carbons (Fsp3) is 0.462. The first-order valence-electron chi connectivity index (χ1n) is 6.10. The van der Waals surface area contributed by atoms with Gasteiger partial charge in [-0.15, -0.1) is 0 Å². The molecule has 1 aromatic carbocycles. The summed E-state index contributed by atoms with van der Waals surface area (Å²) in [6.45, 7) is 3.87. The van der Waals surface area contributed by atoms with Crippen molar-refractivity contribution in [2.45, 2.75) is 25.9 Å². The van der Waals surface area contributed by atoms with Gasteiger partial charge in [0.2, 0.25) is 0 Å². The number of fused-ring (bicyclic) bond motifs is 1. The average molecular weight is 233 g/mol. The van der Waals surface area contributed by atoms with Crippen LogP contribution in [0.5, 0.6) is 0 Å². The van der Waals surface area contributed by atoms with Crippen molar-refractivity contribution in [3.05, 3.63) is 30.5 Å². The molecule has 2 rings (SSSR count). The molecule has 1 unspecified atom stereocenters. The molecule has 2 aromatic rings. The third-order valence-corrected chi connectivity index (χ3v) is 2.85. The lowest BCUT2D eigenvalue weighted by Gasteiger charge is -2.16. The van der Waals surface area contributed by atoms with Gasteiger partial charge in [0.05, 0.1) is 24.9 Å². The molecule has 17 heavy (non-hydrogen) atoms. The third-order valence-electron chi connectivity index (χ3n) is 2.85. The van der Waals surface area contributed by atoms with Crippen LogP contribution >= 0.6 is 0 Å². The largest absolute Gasteiger partial charge is 0.395 e. The number of hydrogen-bond acceptors (Lipinski definition) is 3. The zero-order valence-corrected chi connectivity index (χ0v) is 10.1. The van der Waals surface area contributed by atoms with E-state index < -0.39 is 0 Å². The van der Waals surface area contributed by atoms with E-state index in [0.717, 1.165) is 23.9 Å². The molecule has 0 bridgehead atoms. The summed E-state index contributed by atoms with van der Waals surface area (Å²) in [5, 5.41) is 18.1. The highest BCUT2D eigenvalue weighted by Crippen LogP contribution is 2.12. The Bertz CT molecular complexity index is 466. The van der Waals surface area contributed by atoms with Crippen LogP contribution < -0.4 is 5.32 Å². The number of rotatable bonds is 6. The second kappa shape index (κ2) is 5.80. The van der Waals surface area contributed by atoms with Crippen molar-refractivity contribution in [3.63, 3.8) is 0 Å². The van der Waals surface area contributed by atoms with E-state index in [1.807, 2.05) is 29.1 Å². The second-order valence-corrected chi connectivity index (χ2v) is 4.22. The highest BCUT2D eigenvalue weighted by atomic mass is 16.3. The maximum absolute atomic E-state index is 9.32. The number of nitrogens with zero attached hydrogens (tertiary/aromatic N) is 2. The molecule has 0 saturated carbocycles. The van der Waals surface area contributed by atoms with Crippen LogP contribution in [0.25, 0.3) is 10.9 Å². The maximum atomic E-state index is 9.32. The normalized spacial score (nSPS) is 13.1. The van der Waals surface area contributed by atoms with Crippen LogP contribution in [-0.2, 0) is 6.54 Å². The van der Waals surface area contributed by atoms with Crippen molar-refractivity contribution in [1.29, 1.82) is 0 Å². The van der Waals surface area contributed by atoms with Gasteiger partial charge < -0.3 is 10.4 Å². The van der Waals surface area contributed by atoms with E-state index in [-0.39, 0.29) is 12.6 Å². The second-order valence-electron chi connectivity index (χ2n) is 4.22. The topological polar surface area (TPSA) is 50.1 Å². The van der Waals surface area contributed by atoms with Crippen molar-refractivity contribution >= 4 is 10.9 Å². The molecule has 0 aliphatic carbocycles. The lowest BCUT2D eigenvalue weighted by Crippen LogP contribution is -2.37. The molecule has 0 saturated heterocycles. The van der Waals surface area contributed by atoms with Crippen LogP contribution in [0, 0.1) is 0 Å². The molecule has 0 spiro atoms. The van der Waals surface area contributed by atoms with Crippen LogP contribution in [0.15, 0.2) is 30.5 Å². The van der Waals surface area contributed by atoms with Gasteiger partial charge in [0.25, 0.3) is 0 Å². The molecule has 1 atom stereocenters. The van der Waals surface area contributed by atoms with Gasteiger partial charge in [0, 0.05) is 11.4 Å². The monoisotopic (exact) mass is 233 g/mol. The molecule has 4 heteroatoms. The molecule has 92 valence electrons. The molecule has 1 aromatic heterocycles. The quantitative estimate of drug-likeness (QED) is 0.793. The van der Waals surface area contributed by atoms with E-state index in [9.17, 15) is 5.11 Å². The predicted octanol–water partition coefficient (Wildman–Crippen LogP) is 1.40. The highest BCUT2D eigenvalue weighted by Gasteiger charge is 2.09. The first-order chi connectivity index (χ1) is 8.35. The number of benzene rings is 1. The number of hydrogen-bond donors (Lipinski definition) is 2. The fourth-order valence-electron chi connectivity index (χ4n) is 1.92. The minimum atomic E-state index is 0.0678. The van der Waals surface area contributed by atoms with E-state index in [0.29, 0.717) is 6.54 Å². The van der Waals surface area contributed by atoms with Gasteiger partial charge in [-0.05, 0) is 19.0 Å². The number of nitrogens with one attached hydrogen (secondary N) is 1. The number of para-hydroxylation sites is 1. The SMILES string of the molecule is CCCNC(CO)Cn1ncc2ccccc21. The van der Waals surface area contributed by atoms with E-state index in [4.69, 9.17) is 0 Å². The molecule has 1 heterocycles. The standard InChI is InChI=1S/C13H19N3O/c1-2-7-14-12(10-17)9-16-13-6-4-3-5-11(13)8-15-16/h3-6,8,12,14,17H,2,7,9-10H2,1H3. The van der Waals surface area contributed by atoms with Gasteiger partial charge in [-0.25, -0.2) is 0 Å². The predicted molar refractivity (Wildman–Crippen MR) is 68.9 cm³/mol. The molecule has 0 aliphatic heterocycles. The molecule has 0 radical (unpaired) electrons. The van der Waals surface area contributed by atoms with Crippen LogP contribution in [-0.4, -0.2) is 34.1 Å². The fourth-order valence-corrected chi connectivity index (χ4v) is 1.92. The van der Waals surface area contributed by atoms with Gasteiger partial charge in [-0.2, -0.15) is 5.10 Å². The van der Waals surface area contributed by atoms with Crippen molar-refractivity contribution in [2.75, 3.05) is 13.2 Å². The molecule has 0 fully saturated rings. The van der Waals surface area contributed by atoms with Crippen molar-refractivity contribution in [2.24, 2.45) is 0 Å². The summed E-state index contributed by atoms with van der Waals surface area (Å²) in [6.07, 6.45) is 2.93. The van der Waals surface area contributed by atoms with Gasteiger partial charge >= 0.3 is 0 Å². The van der Waals surface area contributed by atoms with Gasteiger partial charge in [-0.1, -0.05) is 25.1 Å². The Balaban J connectivity index is 2.11. The zero-order chi connectivity index (χ0) is 12.1. The Kier molecular flexibility index (Phi) is 4.12. The summed E-state index contributed by atoms with van der Waals surface area (Å²) >= 11 is 0. The van der Waals surface area contributed by atoms with Crippen molar-refractivity contribution in [1.82, 2.24) is 15.1 Å². The smallest absolute Gasteiger partial charge is 0.0683 e. The molecular formula is C13H19N3O. The Morgan fingerprint density at radius 1 is 1.41 bits per heavy atom. The first-order valence-corrected chi connectivity index (χ1v) is 6.10. The first kappa shape index (κ1) is 12.1. The average Bonchev–Trinajstić information content (AvgIpc) is 2.78. The number of aliphatic hydroxyl groups excluding tert-OH is 1.